The number of halogens is 1. The molecule has 1 aliphatic heterocycles. The maximum Gasteiger partial charge on any atom is 0.119 e. The second-order valence-electron chi connectivity index (χ2n) is 3.47. The van der Waals surface area contributed by atoms with Gasteiger partial charge in [0.15, 0.2) is 0 Å². The van der Waals surface area contributed by atoms with Crippen molar-refractivity contribution in [2.45, 2.75) is 37.9 Å². The molecule has 1 rings (SSSR count). The van der Waals surface area contributed by atoms with Crippen LogP contribution in [0.2, 0.25) is 0 Å². The van der Waals surface area contributed by atoms with Crippen molar-refractivity contribution in [1.29, 1.82) is 0 Å². The van der Waals surface area contributed by atoms with E-state index in [0.29, 0.717) is 0 Å². The molecule has 0 fully saturated rings. The minimum Gasteiger partial charge on any atom is -0.319 e. The fraction of sp³-hybridized carbons (Fsp3) is 0.667. The van der Waals surface area contributed by atoms with Crippen molar-refractivity contribution in [2.75, 3.05) is 0 Å². The highest BCUT2D eigenvalue weighted by Gasteiger charge is 2.31. The molecule has 0 saturated carbocycles. The van der Waals surface area contributed by atoms with E-state index in [1.807, 2.05) is 6.08 Å². The molecule has 0 radical (unpaired) electrons. The van der Waals surface area contributed by atoms with E-state index in [1.54, 1.807) is 6.21 Å². The highest BCUT2D eigenvalue weighted by molar-refractivity contribution is 9.12. The first kappa shape index (κ1) is 10.9. The summed E-state index contributed by atoms with van der Waals surface area (Å²) in [6.07, 6.45) is 6.46. The van der Waals surface area contributed by atoms with Gasteiger partial charge in [0, 0.05) is 10.7 Å². The standard InChI is InChI=1S/C9H16BrN3/c1-2-3-4-9(12)5-7(10)6-13-8(9)11/h5-6,8H,2-4,11-12H2,1H3. The Morgan fingerprint density at radius 3 is 3.00 bits per heavy atom. The van der Waals surface area contributed by atoms with Crippen LogP contribution in [0.3, 0.4) is 0 Å². The van der Waals surface area contributed by atoms with Gasteiger partial charge in [-0.25, -0.2) is 0 Å². The number of dihydropyridines is 1. The van der Waals surface area contributed by atoms with Gasteiger partial charge in [-0.15, -0.1) is 0 Å². The Hall–Kier alpha value is -0.190. The van der Waals surface area contributed by atoms with E-state index in [1.165, 1.54) is 0 Å². The van der Waals surface area contributed by atoms with Crippen LogP contribution in [0.25, 0.3) is 0 Å². The van der Waals surface area contributed by atoms with Gasteiger partial charge in [0.05, 0.1) is 5.54 Å². The quantitative estimate of drug-likeness (QED) is 0.792. The number of aliphatic imine (C=N–C) groups is 1. The number of nitrogens with zero attached hydrogens (tertiary/aromatic N) is 1. The molecule has 13 heavy (non-hydrogen) atoms. The number of rotatable bonds is 3. The van der Waals surface area contributed by atoms with Crippen LogP contribution in [-0.4, -0.2) is 17.9 Å². The second kappa shape index (κ2) is 4.35. The van der Waals surface area contributed by atoms with Crippen LogP contribution >= 0.6 is 15.9 Å². The zero-order valence-electron chi connectivity index (χ0n) is 7.83. The Kier molecular flexibility index (Phi) is 3.64. The molecule has 0 aliphatic carbocycles. The summed E-state index contributed by atoms with van der Waals surface area (Å²) in [6.45, 7) is 2.14. The van der Waals surface area contributed by atoms with Crippen LogP contribution in [0.1, 0.15) is 26.2 Å². The lowest BCUT2D eigenvalue weighted by atomic mass is 9.89. The molecule has 74 valence electrons. The van der Waals surface area contributed by atoms with Crippen molar-refractivity contribution in [3.63, 3.8) is 0 Å². The van der Waals surface area contributed by atoms with E-state index < -0.39 is 5.54 Å². The molecular formula is C9H16BrN3. The maximum absolute atomic E-state index is 6.13. The van der Waals surface area contributed by atoms with Crippen molar-refractivity contribution in [2.24, 2.45) is 16.5 Å². The molecule has 1 heterocycles. The topological polar surface area (TPSA) is 64.4 Å². The van der Waals surface area contributed by atoms with E-state index in [-0.39, 0.29) is 6.17 Å². The van der Waals surface area contributed by atoms with Crippen LogP contribution < -0.4 is 11.5 Å². The van der Waals surface area contributed by atoms with Crippen molar-refractivity contribution in [3.05, 3.63) is 10.6 Å². The molecule has 0 amide bonds. The van der Waals surface area contributed by atoms with E-state index in [0.717, 1.165) is 23.7 Å². The molecule has 0 aromatic carbocycles. The van der Waals surface area contributed by atoms with Crippen LogP contribution in [0.4, 0.5) is 0 Å². The third-order valence-corrected chi connectivity index (χ3v) is 2.71. The lowest BCUT2D eigenvalue weighted by molar-refractivity contribution is 0.387. The average Bonchev–Trinajstić information content (AvgIpc) is 2.09. The molecule has 2 unspecified atom stereocenters. The Morgan fingerprint density at radius 2 is 2.38 bits per heavy atom. The van der Waals surface area contributed by atoms with Gasteiger partial charge in [-0.05, 0) is 28.4 Å². The first-order valence-corrected chi connectivity index (χ1v) is 5.34. The SMILES string of the molecule is CCCCC1(N)C=C(Br)C=NC1N. The second-order valence-corrected chi connectivity index (χ2v) is 4.38. The Balaban J connectivity index is 2.70. The molecule has 0 bridgehead atoms. The number of nitrogens with two attached hydrogens (primary N) is 2. The molecule has 0 saturated heterocycles. The molecule has 0 spiro atoms. The fourth-order valence-corrected chi connectivity index (χ4v) is 1.92. The van der Waals surface area contributed by atoms with Gasteiger partial charge in [-0.3, -0.25) is 4.99 Å². The lowest BCUT2D eigenvalue weighted by Crippen LogP contribution is -2.54. The molecule has 1 aliphatic rings. The number of hydrogen-bond donors (Lipinski definition) is 2. The van der Waals surface area contributed by atoms with Crippen LogP contribution in [0, 0.1) is 0 Å². The van der Waals surface area contributed by atoms with E-state index >= 15 is 0 Å². The minimum absolute atomic E-state index is 0.305. The van der Waals surface area contributed by atoms with Gasteiger partial charge in [0.25, 0.3) is 0 Å². The predicted octanol–water partition coefficient (Wildman–Crippen LogP) is 1.52. The monoisotopic (exact) mass is 245 g/mol. The lowest BCUT2D eigenvalue weighted by Gasteiger charge is -2.32. The zero-order valence-corrected chi connectivity index (χ0v) is 9.42. The van der Waals surface area contributed by atoms with Gasteiger partial charge in [-0.2, -0.15) is 0 Å². The molecule has 0 aromatic heterocycles. The van der Waals surface area contributed by atoms with Crippen LogP contribution in [-0.2, 0) is 0 Å². The molecule has 4 heteroatoms. The summed E-state index contributed by atoms with van der Waals surface area (Å²) in [5, 5.41) is 0. The molecular weight excluding hydrogens is 230 g/mol. The smallest absolute Gasteiger partial charge is 0.119 e. The van der Waals surface area contributed by atoms with Gasteiger partial charge in [0.2, 0.25) is 0 Å². The molecule has 3 nitrogen and oxygen atoms in total. The van der Waals surface area contributed by atoms with Gasteiger partial charge >= 0.3 is 0 Å². The molecule has 0 aromatic rings. The van der Waals surface area contributed by atoms with Gasteiger partial charge in [0.1, 0.15) is 6.17 Å². The highest BCUT2D eigenvalue weighted by atomic mass is 79.9. The first-order valence-electron chi connectivity index (χ1n) is 4.54. The van der Waals surface area contributed by atoms with Gasteiger partial charge < -0.3 is 11.5 Å². The predicted molar refractivity (Wildman–Crippen MR) is 59.9 cm³/mol. The summed E-state index contributed by atoms with van der Waals surface area (Å²) < 4.78 is 0.924. The zero-order chi connectivity index (χ0) is 9.90. The summed E-state index contributed by atoms with van der Waals surface area (Å²) in [6, 6.07) is 0. The largest absolute Gasteiger partial charge is 0.319 e. The average molecular weight is 246 g/mol. The fourth-order valence-electron chi connectivity index (χ4n) is 1.37. The van der Waals surface area contributed by atoms with E-state index in [2.05, 4.69) is 27.8 Å². The Labute approximate surface area is 87.4 Å². The maximum atomic E-state index is 6.13. The Morgan fingerprint density at radius 1 is 1.69 bits per heavy atom. The summed E-state index contributed by atoms with van der Waals surface area (Å²) >= 11 is 3.36. The summed E-state index contributed by atoms with van der Waals surface area (Å²) in [5.41, 5.74) is 11.5. The number of hydrogen-bond acceptors (Lipinski definition) is 3. The first-order chi connectivity index (χ1) is 6.08. The highest BCUT2D eigenvalue weighted by Crippen LogP contribution is 2.23. The number of allylic oxidation sites excluding steroid dienone is 1. The summed E-state index contributed by atoms with van der Waals surface area (Å²) in [4.78, 5) is 4.13. The van der Waals surface area contributed by atoms with E-state index in [9.17, 15) is 0 Å². The van der Waals surface area contributed by atoms with Crippen molar-refractivity contribution >= 4 is 22.1 Å². The van der Waals surface area contributed by atoms with Crippen molar-refractivity contribution < 1.29 is 0 Å². The van der Waals surface area contributed by atoms with Gasteiger partial charge in [-0.1, -0.05) is 19.8 Å². The summed E-state index contributed by atoms with van der Waals surface area (Å²) in [7, 11) is 0. The summed E-state index contributed by atoms with van der Waals surface area (Å²) in [5.74, 6) is 0. The third-order valence-electron chi connectivity index (χ3n) is 2.28. The van der Waals surface area contributed by atoms with Crippen molar-refractivity contribution in [3.8, 4) is 0 Å². The molecule has 4 N–H and O–H groups in total. The minimum atomic E-state index is -0.469. The number of unbranched alkanes of at least 4 members (excludes halogenated alkanes) is 1. The Bertz CT molecular complexity index is 237. The van der Waals surface area contributed by atoms with Crippen LogP contribution in [0.15, 0.2) is 15.6 Å². The van der Waals surface area contributed by atoms with Crippen LogP contribution in [0.5, 0.6) is 0 Å². The van der Waals surface area contributed by atoms with Crippen molar-refractivity contribution in [1.82, 2.24) is 0 Å². The third kappa shape index (κ3) is 2.62. The normalized spacial score (nSPS) is 33.2. The van der Waals surface area contributed by atoms with E-state index in [4.69, 9.17) is 11.5 Å². The molecule has 2 atom stereocenters.